The van der Waals surface area contributed by atoms with Crippen LogP contribution in [0.5, 0.6) is 5.75 Å². The number of fused-ring (bicyclic) bond motifs is 1. The van der Waals surface area contributed by atoms with E-state index in [0.717, 1.165) is 25.7 Å². The first-order valence-electron chi connectivity index (χ1n) is 11.9. The molecule has 34 heavy (non-hydrogen) atoms. The smallest absolute Gasteiger partial charge is 0.315 e. The van der Waals surface area contributed by atoms with E-state index in [1.807, 2.05) is 0 Å². The number of carbonyl (C=O) groups excluding carboxylic acids is 2. The number of aryl methyl sites for hydroxylation is 2. The third kappa shape index (κ3) is 4.21. The zero-order chi connectivity index (χ0) is 24.8. The average Bonchev–Trinajstić information content (AvgIpc) is 3.24. The van der Waals surface area contributed by atoms with Gasteiger partial charge >= 0.3 is 5.56 Å². The SMILES string of the molecule is Cc1cc(C)cc(C2(Cc3nc(=O)c(O)c4n3C[C@H](CC(=O)N(C)C)N(C)C4=O)CCCC2)c1. The van der Waals surface area contributed by atoms with Crippen molar-refractivity contribution < 1.29 is 14.7 Å². The van der Waals surface area contributed by atoms with Gasteiger partial charge in [0, 0.05) is 45.9 Å². The number of amides is 2. The molecule has 1 fully saturated rings. The van der Waals surface area contributed by atoms with Crippen LogP contribution in [0.1, 0.15) is 65.1 Å². The number of nitrogens with zero attached hydrogens (tertiary/aromatic N) is 4. The Bertz CT molecular complexity index is 1170. The predicted molar refractivity (Wildman–Crippen MR) is 129 cm³/mol. The van der Waals surface area contributed by atoms with Crippen molar-refractivity contribution in [1.82, 2.24) is 19.4 Å². The summed E-state index contributed by atoms with van der Waals surface area (Å²) in [6, 6.07) is 6.19. The van der Waals surface area contributed by atoms with Crippen LogP contribution in [-0.2, 0) is 23.2 Å². The van der Waals surface area contributed by atoms with Crippen molar-refractivity contribution in [3.8, 4) is 5.75 Å². The summed E-state index contributed by atoms with van der Waals surface area (Å²) in [7, 11) is 4.98. The maximum atomic E-state index is 13.2. The van der Waals surface area contributed by atoms with E-state index in [1.54, 1.807) is 25.7 Å². The molecule has 8 heteroatoms. The van der Waals surface area contributed by atoms with Crippen molar-refractivity contribution in [2.45, 2.75) is 70.4 Å². The van der Waals surface area contributed by atoms with E-state index in [9.17, 15) is 19.5 Å². The Morgan fingerprint density at radius 3 is 2.35 bits per heavy atom. The fourth-order valence-corrected chi connectivity index (χ4v) is 5.59. The molecule has 1 aliphatic heterocycles. The molecule has 1 aromatic carbocycles. The first-order chi connectivity index (χ1) is 16.0. The van der Waals surface area contributed by atoms with Crippen LogP contribution in [0.25, 0.3) is 0 Å². The number of hydrogen-bond donors (Lipinski definition) is 1. The molecular formula is C26H34N4O4. The lowest BCUT2D eigenvalue weighted by Gasteiger charge is -2.38. The number of rotatable bonds is 5. The lowest BCUT2D eigenvalue weighted by Crippen LogP contribution is -2.50. The van der Waals surface area contributed by atoms with Gasteiger partial charge in [-0.2, -0.15) is 4.98 Å². The second-order valence-corrected chi connectivity index (χ2v) is 10.2. The van der Waals surface area contributed by atoms with Gasteiger partial charge in [-0.05, 0) is 32.3 Å². The number of hydrogen-bond acceptors (Lipinski definition) is 5. The standard InChI is InChI=1S/C26H34N4O4/c1-16-10-17(2)12-18(11-16)26(8-6-7-9-26)14-20-27-24(33)23(32)22-25(34)29(5)19(15-30(20)22)13-21(31)28(3)4/h10-12,19,32H,6-9,13-15H2,1-5H3/t19-/m0/s1. The molecule has 8 nitrogen and oxygen atoms in total. The fourth-order valence-electron chi connectivity index (χ4n) is 5.59. The highest BCUT2D eigenvalue weighted by Crippen LogP contribution is 2.44. The van der Waals surface area contributed by atoms with E-state index < -0.39 is 23.3 Å². The summed E-state index contributed by atoms with van der Waals surface area (Å²) in [4.78, 5) is 45.5. The third-order valence-electron chi connectivity index (χ3n) is 7.50. The molecule has 1 N–H and O–H groups in total. The van der Waals surface area contributed by atoms with Gasteiger partial charge < -0.3 is 19.5 Å². The van der Waals surface area contributed by atoms with Gasteiger partial charge in [0.15, 0.2) is 5.69 Å². The summed E-state index contributed by atoms with van der Waals surface area (Å²) in [5, 5.41) is 10.5. The molecule has 182 valence electrons. The van der Waals surface area contributed by atoms with Crippen LogP contribution in [0.2, 0.25) is 0 Å². The highest BCUT2D eigenvalue weighted by atomic mass is 16.3. The molecule has 1 atom stereocenters. The van der Waals surface area contributed by atoms with Crippen molar-refractivity contribution in [2.75, 3.05) is 21.1 Å². The van der Waals surface area contributed by atoms with Crippen molar-refractivity contribution in [2.24, 2.45) is 0 Å². The molecule has 1 saturated carbocycles. The fraction of sp³-hybridized carbons (Fsp3) is 0.538. The summed E-state index contributed by atoms with van der Waals surface area (Å²) in [5.41, 5.74) is 2.63. The van der Waals surface area contributed by atoms with Crippen LogP contribution in [0.4, 0.5) is 0 Å². The van der Waals surface area contributed by atoms with Gasteiger partial charge in [-0.1, -0.05) is 42.2 Å². The van der Waals surface area contributed by atoms with Gasteiger partial charge in [-0.3, -0.25) is 14.4 Å². The van der Waals surface area contributed by atoms with Crippen molar-refractivity contribution in [3.05, 3.63) is 56.8 Å². The van der Waals surface area contributed by atoms with Crippen molar-refractivity contribution >= 4 is 11.8 Å². The van der Waals surface area contributed by atoms with Gasteiger partial charge in [0.05, 0.1) is 6.04 Å². The molecule has 0 bridgehead atoms. The second-order valence-electron chi connectivity index (χ2n) is 10.2. The molecule has 2 aromatic rings. The molecular weight excluding hydrogens is 432 g/mol. The minimum Gasteiger partial charge on any atom is -0.501 e. The zero-order valence-corrected chi connectivity index (χ0v) is 20.7. The Balaban J connectivity index is 1.81. The Hall–Kier alpha value is -3.16. The number of aromatic nitrogens is 2. The van der Waals surface area contributed by atoms with E-state index in [1.165, 1.54) is 26.5 Å². The maximum absolute atomic E-state index is 13.2. The molecule has 0 spiro atoms. The van der Waals surface area contributed by atoms with Crippen LogP contribution >= 0.6 is 0 Å². The van der Waals surface area contributed by atoms with Gasteiger partial charge in [0.25, 0.3) is 5.91 Å². The van der Waals surface area contributed by atoms with Gasteiger partial charge in [-0.15, -0.1) is 0 Å². The lowest BCUT2D eigenvalue weighted by molar-refractivity contribution is -0.129. The van der Waals surface area contributed by atoms with Gasteiger partial charge in [0.2, 0.25) is 11.7 Å². The zero-order valence-electron chi connectivity index (χ0n) is 20.7. The average molecular weight is 467 g/mol. The highest BCUT2D eigenvalue weighted by molar-refractivity contribution is 5.96. The first kappa shape index (κ1) is 24.0. The monoisotopic (exact) mass is 466 g/mol. The third-order valence-corrected chi connectivity index (χ3v) is 7.50. The van der Waals surface area contributed by atoms with Crippen molar-refractivity contribution in [3.63, 3.8) is 0 Å². The molecule has 0 saturated heterocycles. The molecule has 1 aromatic heterocycles. The van der Waals surface area contributed by atoms with Crippen LogP contribution in [0.15, 0.2) is 23.0 Å². The highest BCUT2D eigenvalue weighted by Gasteiger charge is 2.40. The Labute approximate surface area is 200 Å². The summed E-state index contributed by atoms with van der Waals surface area (Å²) >= 11 is 0. The Kier molecular flexibility index (Phi) is 6.27. The maximum Gasteiger partial charge on any atom is 0.315 e. The largest absolute Gasteiger partial charge is 0.501 e. The summed E-state index contributed by atoms with van der Waals surface area (Å²) in [5.74, 6) is -0.671. The predicted octanol–water partition coefficient (Wildman–Crippen LogP) is 2.55. The normalized spacial score (nSPS) is 19.3. The topological polar surface area (TPSA) is 95.7 Å². The van der Waals surface area contributed by atoms with E-state index in [2.05, 4.69) is 37.0 Å². The van der Waals surface area contributed by atoms with Crippen LogP contribution < -0.4 is 5.56 Å². The van der Waals surface area contributed by atoms with E-state index in [0.29, 0.717) is 18.8 Å². The Morgan fingerprint density at radius 1 is 1.15 bits per heavy atom. The van der Waals surface area contributed by atoms with Crippen LogP contribution in [0.3, 0.4) is 0 Å². The minimum absolute atomic E-state index is 0.0281. The van der Waals surface area contributed by atoms with Gasteiger partial charge in [0.1, 0.15) is 5.82 Å². The lowest BCUT2D eigenvalue weighted by atomic mass is 9.75. The molecule has 1 aliphatic carbocycles. The number of carbonyl (C=O) groups is 2. The van der Waals surface area contributed by atoms with E-state index >= 15 is 0 Å². The molecule has 4 rings (SSSR count). The van der Waals surface area contributed by atoms with E-state index in [4.69, 9.17) is 0 Å². The molecule has 2 aliphatic rings. The minimum atomic E-state index is -0.778. The van der Waals surface area contributed by atoms with Gasteiger partial charge in [-0.25, -0.2) is 0 Å². The van der Waals surface area contributed by atoms with Crippen LogP contribution in [0, 0.1) is 13.8 Å². The molecule has 0 unspecified atom stereocenters. The quantitative estimate of drug-likeness (QED) is 0.731. The molecule has 2 amide bonds. The number of benzene rings is 1. The summed E-state index contributed by atoms with van der Waals surface area (Å²) in [6.07, 6.45) is 4.78. The summed E-state index contributed by atoms with van der Waals surface area (Å²) in [6.45, 7) is 4.48. The molecule has 0 radical (unpaired) electrons. The molecule has 2 heterocycles. The Morgan fingerprint density at radius 2 is 1.76 bits per heavy atom. The van der Waals surface area contributed by atoms with Crippen LogP contribution in [-0.4, -0.2) is 63.5 Å². The first-order valence-corrected chi connectivity index (χ1v) is 11.9. The van der Waals surface area contributed by atoms with E-state index in [-0.39, 0.29) is 23.4 Å². The second kappa shape index (κ2) is 8.89. The van der Waals surface area contributed by atoms with Crippen molar-refractivity contribution in [1.29, 1.82) is 0 Å². The number of likely N-dealkylation sites (N-methyl/N-ethyl adjacent to an activating group) is 1. The number of aromatic hydroxyl groups is 1. The summed E-state index contributed by atoms with van der Waals surface area (Å²) < 4.78 is 1.69.